The largest absolute Gasteiger partial charge is 0.490 e. The van der Waals surface area contributed by atoms with Crippen LogP contribution in [0.2, 0.25) is 0 Å². The predicted octanol–water partition coefficient (Wildman–Crippen LogP) is 0.190. The highest BCUT2D eigenvalue weighted by atomic mass is 16.6. The first kappa shape index (κ1) is 25.8. The SMILES string of the molecule is CCOC(=O)CC(=O)NC1CN1C(=O)CC(=O)OCCOc1ccc(C(=O)C(C)(C)O)cc1. The minimum atomic E-state index is -1.47. The number of nitrogens with zero attached hydrogens (tertiary/aromatic N) is 1. The highest BCUT2D eigenvalue weighted by Gasteiger charge is 2.40. The number of carbonyl (C=O) groups is 5. The number of Topliss-reactive ketones (excluding diaryl/α,β-unsaturated/α-hetero) is 1. The van der Waals surface area contributed by atoms with Crippen LogP contribution in [-0.4, -0.2) is 77.7 Å². The van der Waals surface area contributed by atoms with Gasteiger partial charge in [-0.1, -0.05) is 0 Å². The monoisotopic (exact) mass is 464 g/mol. The van der Waals surface area contributed by atoms with Gasteiger partial charge in [0.2, 0.25) is 11.8 Å². The molecule has 0 radical (unpaired) electrons. The van der Waals surface area contributed by atoms with Gasteiger partial charge in [-0.05, 0) is 45.0 Å². The quantitative estimate of drug-likeness (QED) is 0.145. The molecule has 1 fully saturated rings. The molecule has 1 unspecified atom stereocenters. The van der Waals surface area contributed by atoms with Crippen LogP contribution in [0.1, 0.15) is 44.0 Å². The lowest BCUT2D eigenvalue weighted by Gasteiger charge is -2.15. The van der Waals surface area contributed by atoms with Crippen LogP contribution in [0.25, 0.3) is 0 Å². The lowest BCUT2D eigenvalue weighted by molar-refractivity contribution is -0.148. The molecule has 1 saturated heterocycles. The number of hydrogen-bond donors (Lipinski definition) is 2. The van der Waals surface area contributed by atoms with Gasteiger partial charge in [0, 0.05) is 5.56 Å². The van der Waals surface area contributed by atoms with Gasteiger partial charge in [-0.25, -0.2) is 0 Å². The lowest BCUT2D eigenvalue weighted by atomic mass is 9.97. The number of carbonyl (C=O) groups excluding carboxylic acids is 5. The standard InChI is InChI=1S/C22H28N2O9/c1-4-31-19(27)11-17(25)23-16-13-24(16)18(26)12-20(28)33-10-9-32-15-7-5-14(6-8-15)21(29)22(2,3)30/h5-8,16,30H,4,9-13H2,1-3H3,(H,23,25). The average Bonchev–Trinajstić information content (AvgIpc) is 3.49. The summed E-state index contributed by atoms with van der Waals surface area (Å²) in [5, 5.41) is 12.2. The Hall–Kier alpha value is -3.47. The normalized spacial score (nSPS) is 14.8. The molecule has 1 aromatic carbocycles. The first-order valence-corrected chi connectivity index (χ1v) is 10.4. The van der Waals surface area contributed by atoms with Gasteiger partial charge in [0.15, 0.2) is 5.78 Å². The number of nitrogens with one attached hydrogen (secondary N) is 1. The number of ether oxygens (including phenoxy) is 3. The molecule has 2 N–H and O–H groups in total. The first-order chi connectivity index (χ1) is 15.5. The Kier molecular flexibility index (Phi) is 8.92. The number of rotatable bonds is 12. The van der Waals surface area contributed by atoms with Crippen molar-refractivity contribution in [3.8, 4) is 5.75 Å². The number of ketones is 1. The van der Waals surface area contributed by atoms with Crippen molar-refractivity contribution >= 4 is 29.5 Å². The molecular formula is C22H28N2O9. The molecule has 0 bridgehead atoms. The molecule has 11 heteroatoms. The Labute approximate surface area is 191 Å². The molecule has 0 aromatic heterocycles. The third kappa shape index (κ3) is 8.53. The van der Waals surface area contributed by atoms with Gasteiger partial charge in [-0.2, -0.15) is 0 Å². The van der Waals surface area contributed by atoms with Crippen molar-refractivity contribution in [2.75, 3.05) is 26.4 Å². The van der Waals surface area contributed by atoms with E-state index < -0.39 is 54.1 Å². The average molecular weight is 464 g/mol. The molecule has 0 spiro atoms. The van der Waals surface area contributed by atoms with Crippen LogP contribution in [0.4, 0.5) is 0 Å². The summed E-state index contributed by atoms with van der Waals surface area (Å²) in [6, 6.07) is 6.15. The zero-order chi connectivity index (χ0) is 24.6. The van der Waals surface area contributed by atoms with E-state index in [-0.39, 0.29) is 26.4 Å². The molecule has 11 nitrogen and oxygen atoms in total. The summed E-state index contributed by atoms with van der Waals surface area (Å²) in [7, 11) is 0. The second kappa shape index (κ2) is 11.4. The van der Waals surface area contributed by atoms with Crippen LogP contribution in [0, 0.1) is 0 Å². The van der Waals surface area contributed by atoms with Gasteiger partial charge >= 0.3 is 11.9 Å². The van der Waals surface area contributed by atoms with Gasteiger partial charge in [-0.3, -0.25) is 24.0 Å². The summed E-state index contributed by atoms with van der Waals surface area (Å²) >= 11 is 0. The molecule has 1 heterocycles. The molecule has 0 saturated carbocycles. The van der Waals surface area contributed by atoms with Crippen molar-refractivity contribution < 1.29 is 43.3 Å². The van der Waals surface area contributed by atoms with Crippen LogP contribution in [-0.2, 0) is 28.7 Å². The van der Waals surface area contributed by atoms with Gasteiger partial charge in [0.05, 0.1) is 13.2 Å². The van der Waals surface area contributed by atoms with Crippen molar-refractivity contribution in [3.05, 3.63) is 29.8 Å². The second-order valence-corrected chi connectivity index (χ2v) is 7.77. The van der Waals surface area contributed by atoms with Crippen molar-refractivity contribution in [3.63, 3.8) is 0 Å². The maximum atomic E-state index is 12.0. The number of aliphatic hydroxyl groups is 1. The van der Waals surface area contributed by atoms with E-state index in [1.54, 1.807) is 19.1 Å². The summed E-state index contributed by atoms with van der Waals surface area (Å²) in [5.74, 6) is -2.43. The van der Waals surface area contributed by atoms with Crippen LogP contribution in [0.5, 0.6) is 5.75 Å². The van der Waals surface area contributed by atoms with E-state index in [0.29, 0.717) is 11.3 Å². The van der Waals surface area contributed by atoms with Crippen LogP contribution in [0.3, 0.4) is 0 Å². The van der Waals surface area contributed by atoms with Gasteiger partial charge in [-0.15, -0.1) is 0 Å². The Balaban J connectivity index is 1.63. The number of hydrogen-bond acceptors (Lipinski definition) is 9. The second-order valence-electron chi connectivity index (χ2n) is 7.77. The minimum Gasteiger partial charge on any atom is -0.490 e. The summed E-state index contributed by atoms with van der Waals surface area (Å²) in [6.07, 6.45) is -1.48. The van der Waals surface area contributed by atoms with E-state index in [4.69, 9.17) is 9.47 Å². The Morgan fingerprint density at radius 1 is 1.03 bits per heavy atom. The zero-order valence-electron chi connectivity index (χ0n) is 18.8. The molecular weight excluding hydrogens is 436 g/mol. The number of amides is 2. The Morgan fingerprint density at radius 3 is 2.27 bits per heavy atom. The van der Waals surface area contributed by atoms with Crippen molar-refractivity contribution in [2.24, 2.45) is 0 Å². The summed E-state index contributed by atoms with van der Waals surface area (Å²) in [5.41, 5.74) is -1.13. The summed E-state index contributed by atoms with van der Waals surface area (Å²) in [4.78, 5) is 60.0. The molecule has 1 aliphatic heterocycles. The van der Waals surface area contributed by atoms with E-state index in [1.807, 2.05) is 0 Å². The number of benzene rings is 1. The zero-order valence-corrected chi connectivity index (χ0v) is 18.8. The fourth-order valence-electron chi connectivity index (χ4n) is 2.77. The fraction of sp³-hybridized carbons (Fsp3) is 0.500. The first-order valence-electron chi connectivity index (χ1n) is 10.4. The topological polar surface area (TPSA) is 148 Å². The van der Waals surface area contributed by atoms with Gasteiger partial charge in [0.1, 0.15) is 43.6 Å². The van der Waals surface area contributed by atoms with Gasteiger partial charge < -0.3 is 29.5 Å². The van der Waals surface area contributed by atoms with E-state index >= 15 is 0 Å². The molecule has 1 aromatic rings. The number of esters is 2. The van der Waals surface area contributed by atoms with Gasteiger partial charge in [0.25, 0.3) is 0 Å². The third-order valence-corrected chi connectivity index (χ3v) is 4.45. The molecule has 0 aliphatic carbocycles. The predicted molar refractivity (Wildman–Crippen MR) is 113 cm³/mol. The van der Waals surface area contributed by atoms with E-state index in [1.165, 1.54) is 30.9 Å². The highest BCUT2D eigenvalue weighted by Crippen LogP contribution is 2.18. The smallest absolute Gasteiger partial charge is 0.315 e. The maximum absolute atomic E-state index is 12.0. The molecule has 1 aliphatic rings. The molecule has 33 heavy (non-hydrogen) atoms. The lowest BCUT2D eigenvalue weighted by Crippen LogP contribution is -2.33. The minimum absolute atomic E-state index is 0.0367. The van der Waals surface area contributed by atoms with E-state index in [9.17, 15) is 29.1 Å². The van der Waals surface area contributed by atoms with Crippen LogP contribution < -0.4 is 10.1 Å². The Morgan fingerprint density at radius 2 is 1.67 bits per heavy atom. The van der Waals surface area contributed by atoms with Crippen LogP contribution >= 0.6 is 0 Å². The fourth-order valence-corrected chi connectivity index (χ4v) is 2.77. The van der Waals surface area contributed by atoms with Crippen molar-refractivity contribution in [1.82, 2.24) is 10.2 Å². The molecule has 2 rings (SSSR count). The van der Waals surface area contributed by atoms with Crippen molar-refractivity contribution in [1.29, 1.82) is 0 Å². The molecule has 2 amide bonds. The van der Waals surface area contributed by atoms with E-state index in [2.05, 4.69) is 10.1 Å². The summed E-state index contributed by atoms with van der Waals surface area (Å²) in [6.45, 7) is 4.80. The highest BCUT2D eigenvalue weighted by molar-refractivity contribution is 6.01. The van der Waals surface area contributed by atoms with E-state index in [0.717, 1.165) is 0 Å². The molecule has 180 valence electrons. The molecule has 1 atom stereocenters. The maximum Gasteiger partial charge on any atom is 0.315 e. The Bertz CT molecular complexity index is 890. The van der Waals surface area contributed by atoms with Crippen LogP contribution in [0.15, 0.2) is 24.3 Å². The van der Waals surface area contributed by atoms with Crippen molar-refractivity contribution in [2.45, 2.75) is 45.4 Å². The third-order valence-electron chi connectivity index (χ3n) is 4.45. The summed E-state index contributed by atoms with van der Waals surface area (Å²) < 4.78 is 15.1.